The molecular formula is C12H20N2O3S. The first kappa shape index (κ1) is 15.1. The van der Waals surface area contributed by atoms with Gasteiger partial charge in [0.05, 0.1) is 18.8 Å². The molecule has 0 unspecified atom stereocenters. The van der Waals surface area contributed by atoms with Gasteiger partial charge in [-0.05, 0) is 20.2 Å². The number of rotatable bonds is 9. The van der Waals surface area contributed by atoms with Crippen molar-refractivity contribution in [3.05, 3.63) is 21.9 Å². The van der Waals surface area contributed by atoms with Gasteiger partial charge in [-0.1, -0.05) is 0 Å². The SMILES string of the molecule is CN(C)CCOCCNCc1cc(C(=O)O)cs1. The van der Waals surface area contributed by atoms with E-state index in [4.69, 9.17) is 9.84 Å². The van der Waals surface area contributed by atoms with Gasteiger partial charge in [-0.3, -0.25) is 0 Å². The quantitative estimate of drug-likeness (QED) is 0.660. The van der Waals surface area contributed by atoms with Gasteiger partial charge in [0.15, 0.2) is 0 Å². The van der Waals surface area contributed by atoms with Gasteiger partial charge in [0, 0.05) is 29.9 Å². The second-order valence-electron chi connectivity index (χ2n) is 4.20. The molecule has 0 bridgehead atoms. The molecule has 0 saturated carbocycles. The Bertz CT molecular complexity index is 366. The van der Waals surface area contributed by atoms with Crippen LogP contribution in [0.1, 0.15) is 15.2 Å². The Morgan fingerprint density at radius 2 is 2.28 bits per heavy atom. The van der Waals surface area contributed by atoms with E-state index in [2.05, 4.69) is 10.2 Å². The molecule has 6 heteroatoms. The van der Waals surface area contributed by atoms with Crippen molar-refractivity contribution < 1.29 is 14.6 Å². The summed E-state index contributed by atoms with van der Waals surface area (Å²) in [4.78, 5) is 13.8. The van der Waals surface area contributed by atoms with E-state index in [1.165, 1.54) is 11.3 Å². The van der Waals surface area contributed by atoms with Crippen LogP contribution in [0.2, 0.25) is 0 Å². The highest BCUT2D eigenvalue weighted by atomic mass is 32.1. The minimum atomic E-state index is -0.871. The van der Waals surface area contributed by atoms with Crippen LogP contribution in [-0.4, -0.2) is 56.4 Å². The van der Waals surface area contributed by atoms with Gasteiger partial charge in [0.25, 0.3) is 0 Å². The van der Waals surface area contributed by atoms with Crippen LogP contribution < -0.4 is 5.32 Å². The second-order valence-corrected chi connectivity index (χ2v) is 5.20. The molecule has 0 aliphatic carbocycles. The summed E-state index contributed by atoms with van der Waals surface area (Å²) >= 11 is 1.46. The number of hydrogen-bond donors (Lipinski definition) is 2. The van der Waals surface area contributed by atoms with Crippen LogP contribution in [0.15, 0.2) is 11.4 Å². The van der Waals surface area contributed by atoms with E-state index in [0.717, 1.165) is 24.6 Å². The number of ether oxygens (including phenoxy) is 1. The molecule has 0 atom stereocenters. The zero-order valence-electron chi connectivity index (χ0n) is 10.8. The number of aromatic carboxylic acids is 1. The fraction of sp³-hybridized carbons (Fsp3) is 0.583. The summed E-state index contributed by atoms with van der Waals surface area (Å²) in [5.41, 5.74) is 0.360. The lowest BCUT2D eigenvalue weighted by Crippen LogP contribution is -2.22. The smallest absolute Gasteiger partial charge is 0.336 e. The lowest BCUT2D eigenvalue weighted by molar-refractivity contribution is 0.0697. The van der Waals surface area contributed by atoms with Gasteiger partial charge in [-0.2, -0.15) is 0 Å². The van der Waals surface area contributed by atoms with Crippen molar-refractivity contribution in [3.8, 4) is 0 Å². The summed E-state index contributed by atoms with van der Waals surface area (Å²) in [6, 6.07) is 1.70. The maximum atomic E-state index is 10.7. The van der Waals surface area contributed by atoms with Gasteiger partial charge in [0.2, 0.25) is 0 Å². The van der Waals surface area contributed by atoms with Gasteiger partial charge in [-0.25, -0.2) is 4.79 Å². The Morgan fingerprint density at radius 3 is 2.89 bits per heavy atom. The molecule has 1 aromatic rings. The lowest BCUT2D eigenvalue weighted by atomic mass is 10.3. The van der Waals surface area contributed by atoms with Crippen LogP contribution in [0, 0.1) is 0 Å². The highest BCUT2D eigenvalue weighted by Crippen LogP contribution is 2.14. The number of hydrogen-bond acceptors (Lipinski definition) is 5. The van der Waals surface area contributed by atoms with Crippen LogP contribution in [-0.2, 0) is 11.3 Å². The fourth-order valence-corrected chi connectivity index (χ4v) is 2.12. The summed E-state index contributed by atoms with van der Waals surface area (Å²) in [6.45, 7) is 3.79. The van der Waals surface area contributed by atoms with Gasteiger partial charge in [0.1, 0.15) is 0 Å². The number of nitrogens with zero attached hydrogens (tertiary/aromatic N) is 1. The van der Waals surface area contributed by atoms with E-state index in [0.29, 0.717) is 18.7 Å². The van der Waals surface area contributed by atoms with Crippen LogP contribution in [0.4, 0.5) is 0 Å². The molecule has 1 rings (SSSR count). The van der Waals surface area contributed by atoms with E-state index in [1.54, 1.807) is 11.4 Å². The van der Waals surface area contributed by atoms with Crippen molar-refractivity contribution in [3.63, 3.8) is 0 Å². The van der Waals surface area contributed by atoms with Gasteiger partial charge < -0.3 is 20.1 Å². The summed E-state index contributed by atoms with van der Waals surface area (Å²) in [5, 5.41) is 13.7. The molecule has 5 nitrogen and oxygen atoms in total. The molecule has 18 heavy (non-hydrogen) atoms. The molecule has 0 aromatic carbocycles. The summed E-state index contributed by atoms with van der Waals surface area (Å²) in [7, 11) is 4.02. The third-order valence-corrected chi connectivity index (χ3v) is 3.24. The first-order chi connectivity index (χ1) is 8.59. The molecule has 0 fully saturated rings. The second kappa shape index (κ2) is 8.20. The Kier molecular flexibility index (Phi) is 6.89. The molecule has 0 amide bonds. The topological polar surface area (TPSA) is 61.8 Å². The van der Waals surface area contributed by atoms with E-state index in [-0.39, 0.29) is 0 Å². The monoisotopic (exact) mass is 272 g/mol. The normalized spacial score (nSPS) is 11.1. The van der Waals surface area contributed by atoms with Crippen LogP contribution >= 0.6 is 11.3 Å². The average Bonchev–Trinajstić information content (AvgIpc) is 2.76. The van der Waals surface area contributed by atoms with Crippen molar-refractivity contribution >= 4 is 17.3 Å². The Hall–Kier alpha value is -0.950. The first-order valence-corrected chi connectivity index (χ1v) is 6.71. The Balaban J connectivity index is 2.05. The molecule has 2 N–H and O–H groups in total. The Labute approximate surface area is 111 Å². The standard InChI is InChI=1S/C12H20N2O3S/c1-14(2)4-6-17-5-3-13-8-11-7-10(9-18-11)12(15)16/h7,9,13H,3-6,8H2,1-2H3,(H,15,16). The molecule has 0 aliphatic rings. The number of carboxylic acid groups (broad SMARTS) is 1. The predicted octanol–water partition coefficient (Wildman–Crippen LogP) is 1.11. The van der Waals surface area contributed by atoms with Crippen molar-refractivity contribution in [1.29, 1.82) is 0 Å². The van der Waals surface area contributed by atoms with Gasteiger partial charge >= 0.3 is 5.97 Å². The van der Waals surface area contributed by atoms with Crippen LogP contribution in [0.25, 0.3) is 0 Å². The van der Waals surface area contributed by atoms with E-state index < -0.39 is 5.97 Å². The number of carboxylic acids is 1. The molecule has 1 aromatic heterocycles. The zero-order chi connectivity index (χ0) is 13.4. The van der Waals surface area contributed by atoms with E-state index >= 15 is 0 Å². The molecule has 0 spiro atoms. The van der Waals surface area contributed by atoms with Crippen molar-refractivity contribution in [2.75, 3.05) is 40.4 Å². The zero-order valence-corrected chi connectivity index (χ0v) is 11.6. The summed E-state index contributed by atoms with van der Waals surface area (Å²) in [5.74, 6) is -0.871. The third-order valence-electron chi connectivity index (χ3n) is 2.31. The van der Waals surface area contributed by atoms with Crippen LogP contribution in [0.5, 0.6) is 0 Å². The number of likely N-dealkylation sites (N-methyl/N-ethyl adjacent to an activating group) is 1. The molecule has 0 radical (unpaired) electrons. The number of thiophene rings is 1. The highest BCUT2D eigenvalue weighted by Gasteiger charge is 2.05. The summed E-state index contributed by atoms with van der Waals surface area (Å²) < 4.78 is 5.43. The van der Waals surface area contributed by atoms with Gasteiger partial charge in [-0.15, -0.1) is 11.3 Å². The molecule has 1 heterocycles. The van der Waals surface area contributed by atoms with E-state index in [1.807, 2.05) is 14.1 Å². The fourth-order valence-electron chi connectivity index (χ4n) is 1.29. The lowest BCUT2D eigenvalue weighted by Gasteiger charge is -2.09. The van der Waals surface area contributed by atoms with Crippen molar-refractivity contribution in [2.45, 2.75) is 6.54 Å². The number of carbonyl (C=O) groups is 1. The van der Waals surface area contributed by atoms with E-state index in [9.17, 15) is 4.79 Å². The highest BCUT2D eigenvalue weighted by molar-refractivity contribution is 7.10. The minimum Gasteiger partial charge on any atom is -0.478 e. The van der Waals surface area contributed by atoms with Crippen LogP contribution in [0.3, 0.4) is 0 Å². The summed E-state index contributed by atoms with van der Waals surface area (Å²) in [6.07, 6.45) is 0. The minimum absolute atomic E-state index is 0.360. The third kappa shape index (κ3) is 6.11. The molecule has 0 aliphatic heterocycles. The Morgan fingerprint density at radius 1 is 1.50 bits per heavy atom. The molecule has 0 saturated heterocycles. The molecular weight excluding hydrogens is 252 g/mol. The largest absolute Gasteiger partial charge is 0.478 e. The van der Waals surface area contributed by atoms with Crippen molar-refractivity contribution in [1.82, 2.24) is 10.2 Å². The maximum absolute atomic E-state index is 10.7. The average molecular weight is 272 g/mol. The first-order valence-electron chi connectivity index (χ1n) is 5.83. The maximum Gasteiger partial charge on any atom is 0.336 e. The predicted molar refractivity (Wildman–Crippen MR) is 72.4 cm³/mol. The molecule has 102 valence electrons. The van der Waals surface area contributed by atoms with Crippen molar-refractivity contribution in [2.24, 2.45) is 0 Å². The number of nitrogens with one attached hydrogen (secondary N) is 1.